The fourth-order valence-corrected chi connectivity index (χ4v) is 5.21. The number of aromatic nitrogens is 2. The van der Waals surface area contributed by atoms with Gasteiger partial charge in [0.1, 0.15) is 10.7 Å². The van der Waals surface area contributed by atoms with E-state index >= 15 is 0 Å². The molecule has 0 fully saturated rings. The average Bonchev–Trinajstić information content (AvgIpc) is 3.41. The lowest BCUT2D eigenvalue weighted by Gasteiger charge is -2.14. The Morgan fingerprint density at radius 3 is 2.29 bits per heavy atom. The average molecular weight is 604 g/mol. The summed E-state index contributed by atoms with van der Waals surface area (Å²) >= 11 is 2.67. The summed E-state index contributed by atoms with van der Waals surface area (Å²) in [4.78, 5) is 39.8. The Morgan fingerprint density at radius 1 is 0.905 bits per heavy atom. The van der Waals surface area contributed by atoms with Crippen LogP contribution in [0.3, 0.4) is 0 Å². The summed E-state index contributed by atoms with van der Waals surface area (Å²) in [7, 11) is 3.02. The largest absolute Gasteiger partial charge is 0.493 e. The summed E-state index contributed by atoms with van der Waals surface area (Å²) in [5.74, 6) is -0.272. The molecule has 216 valence electrons. The molecule has 0 radical (unpaired) electrons. The van der Waals surface area contributed by atoms with E-state index in [0.29, 0.717) is 33.4 Å². The van der Waals surface area contributed by atoms with E-state index in [0.717, 1.165) is 9.90 Å². The van der Waals surface area contributed by atoms with Gasteiger partial charge in [-0.25, -0.2) is 0 Å². The predicted molar refractivity (Wildman–Crippen MR) is 165 cm³/mol. The monoisotopic (exact) mass is 603 g/mol. The van der Waals surface area contributed by atoms with Crippen LogP contribution in [-0.2, 0) is 9.59 Å². The van der Waals surface area contributed by atoms with Gasteiger partial charge in [0.25, 0.3) is 11.8 Å². The van der Waals surface area contributed by atoms with Crippen LogP contribution in [0.1, 0.15) is 27.9 Å². The standard InChI is InChI=1S/C30H29N5O5S2/c1-18(27(36)33-30-35-34-19(2)42-30)41-23-15-13-22(14-16-23)31-29(38)24(32-28(37)20-9-6-5-7-10-20)17-21-11-8-12-25(39-3)26(21)40-4/h5-18H,1-4H3,(H,31,38)(H,32,37)(H,33,35,36)/b24-17-. The Hall–Kier alpha value is -4.68. The number of aryl methyl sites for hydroxylation is 1. The first-order valence-corrected chi connectivity index (χ1v) is 14.4. The highest BCUT2D eigenvalue weighted by molar-refractivity contribution is 8.00. The minimum Gasteiger partial charge on any atom is -0.493 e. The van der Waals surface area contributed by atoms with Gasteiger partial charge in [0.2, 0.25) is 11.0 Å². The van der Waals surface area contributed by atoms with Gasteiger partial charge in [-0.3, -0.25) is 19.7 Å². The van der Waals surface area contributed by atoms with Crippen molar-refractivity contribution in [2.75, 3.05) is 24.9 Å². The number of amides is 3. The van der Waals surface area contributed by atoms with Crippen molar-refractivity contribution in [1.29, 1.82) is 0 Å². The van der Waals surface area contributed by atoms with Crippen molar-refractivity contribution >= 4 is 57.7 Å². The molecule has 3 amide bonds. The molecule has 0 saturated heterocycles. The van der Waals surface area contributed by atoms with E-state index in [1.807, 2.05) is 6.92 Å². The highest BCUT2D eigenvalue weighted by Gasteiger charge is 2.19. The molecule has 10 nitrogen and oxygen atoms in total. The van der Waals surface area contributed by atoms with Gasteiger partial charge >= 0.3 is 0 Å². The zero-order chi connectivity index (χ0) is 30.1. The number of hydrogen-bond acceptors (Lipinski definition) is 9. The molecule has 1 aromatic heterocycles. The van der Waals surface area contributed by atoms with E-state index in [-0.39, 0.29) is 11.6 Å². The maximum absolute atomic E-state index is 13.4. The van der Waals surface area contributed by atoms with Crippen LogP contribution in [0.25, 0.3) is 6.08 Å². The van der Waals surface area contributed by atoms with Crippen molar-refractivity contribution < 1.29 is 23.9 Å². The fraction of sp³-hybridized carbons (Fsp3) is 0.167. The summed E-state index contributed by atoms with van der Waals surface area (Å²) < 4.78 is 10.9. The summed E-state index contributed by atoms with van der Waals surface area (Å²) in [6, 6.07) is 20.9. The van der Waals surface area contributed by atoms with Gasteiger partial charge in [-0.05, 0) is 62.4 Å². The normalized spacial score (nSPS) is 11.8. The molecule has 12 heteroatoms. The third-order valence-corrected chi connectivity index (χ3v) is 7.68. The molecule has 1 heterocycles. The van der Waals surface area contributed by atoms with Crippen LogP contribution in [0.15, 0.2) is 83.4 Å². The van der Waals surface area contributed by atoms with Crippen LogP contribution < -0.4 is 25.4 Å². The number of ether oxygens (including phenoxy) is 2. The zero-order valence-electron chi connectivity index (χ0n) is 23.3. The summed E-state index contributed by atoms with van der Waals surface area (Å²) in [6.45, 7) is 3.61. The van der Waals surface area contributed by atoms with Gasteiger partial charge in [0.05, 0.1) is 19.5 Å². The van der Waals surface area contributed by atoms with Gasteiger partial charge in [-0.2, -0.15) is 0 Å². The Bertz CT molecular complexity index is 1590. The molecule has 1 atom stereocenters. The molecule has 42 heavy (non-hydrogen) atoms. The first-order chi connectivity index (χ1) is 20.3. The van der Waals surface area contributed by atoms with E-state index in [9.17, 15) is 14.4 Å². The Labute approximate surface area is 251 Å². The summed E-state index contributed by atoms with van der Waals surface area (Å²) in [5.41, 5.74) is 1.45. The van der Waals surface area contributed by atoms with Crippen molar-refractivity contribution in [3.8, 4) is 11.5 Å². The van der Waals surface area contributed by atoms with E-state index in [2.05, 4.69) is 26.1 Å². The Kier molecular flexibility index (Phi) is 10.3. The van der Waals surface area contributed by atoms with Gasteiger partial charge < -0.3 is 20.1 Å². The van der Waals surface area contributed by atoms with Crippen molar-refractivity contribution in [3.63, 3.8) is 0 Å². The number of anilines is 2. The zero-order valence-corrected chi connectivity index (χ0v) is 25.0. The Morgan fingerprint density at radius 2 is 1.64 bits per heavy atom. The first-order valence-electron chi connectivity index (χ1n) is 12.8. The SMILES string of the molecule is COc1cccc(/C=C(\NC(=O)c2ccccc2)C(=O)Nc2ccc(SC(C)C(=O)Nc3nnc(C)s3)cc2)c1OC. The number of hydrogen-bond donors (Lipinski definition) is 3. The third kappa shape index (κ3) is 7.95. The van der Waals surface area contributed by atoms with Crippen molar-refractivity contribution in [3.05, 3.63) is 94.6 Å². The number of carbonyl (C=O) groups excluding carboxylic acids is 3. The number of nitrogens with one attached hydrogen (secondary N) is 3. The fourth-order valence-electron chi connectivity index (χ4n) is 3.75. The molecule has 3 N–H and O–H groups in total. The molecule has 0 spiro atoms. The number of methoxy groups -OCH3 is 2. The lowest BCUT2D eigenvalue weighted by atomic mass is 10.1. The van der Waals surface area contributed by atoms with Crippen LogP contribution in [0.4, 0.5) is 10.8 Å². The third-order valence-electron chi connectivity index (χ3n) is 5.81. The second-order valence-corrected chi connectivity index (χ2v) is 11.4. The maximum atomic E-state index is 13.4. The molecule has 3 aromatic carbocycles. The molecule has 0 aliphatic heterocycles. The number of nitrogens with zero attached hydrogens (tertiary/aromatic N) is 2. The Balaban J connectivity index is 1.50. The molecule has 0 bridgehead atoms. The smallest absolute Gasteiger partial charge is 0.272 e. The molecular formula is C30H29N5O5S2. The molecular weight excluding hydrogens is 574 g/mol. The van der Waals surface area contributed by atoms with E-state index in [1.54, 1.807) is 79.7 Å². The van der Waals surface area contributed by atoms with Crippen LogP contribution >= 0.6 is 23.1 Å². The highest BCUT2D eigenvalue weighted by atomic mass is 32.2. The summed E-state index contributed by atoms with van der Waals surface area (Å²) in [6.07, 6.45) is 1.53. The highest BCUT2D eigenvalue weighted by Crippen LogP contribution is 2.32. The lowest BCUT2D eigenvalue weighted by molar-refractivity contribution is -0.115. The molecule has 0 saturated carbocycles. The van der Waals surface area contributed by atoms with E-state index < -0.39 is 17.1 Å². The predicted octanol–water partition coefficient (Wildman–Crippen LogP) is 5.39. The van der Waals surface area contributed by atoms with Gasteiger partial charge in [-0.15, -0.1) is 22.0 Å². The van der Waals surface area contributed by atoms with Crippen LogP contribution in [0, 0.1) is 6.92 Å². The second-order valence-electron chi connectivity index (χ2n) is 8.81. The summed E-state index contributed by atoms with van der Waals surface area (Å²) in [5, 5.41) is 17.0. The molecule has 0 aliphatic rings. The van der Waals surface area contributed by atoms with Gasteiger partial charge in [0, 0.05) is 21.7 Å². The molecule has 1 unspecified atom stereocenters. The number of para-hydroxylation sites is 1. The van der Waals surface area contributed by atoms with Crippen LogP contribution in [0.2, 0.25) is 0 Å². The van der Waals surface area contributed by atoms with E-state index in [4.69, 9.17) is 9.47 Å². The minimum atomic E-state index is -0.537. The lowest BCUT2D eigenvalue weighted by Crippen LogP contribution is -2.30. The molecule has 4 rings (SSSR count). The van der Waals surface area contributed by atoms with Crippen molar-refractivity contribution in [2.24, 2.45) is 0 Å². The first kappa shape index (κ1) is 30.3. The molecule has 4 aromatic rings. The van der Waals surface area contributed by atoms with Gasteiger partial charge in [-0.1, -0.05) is 41.7 Å². The van der Waals surface area contributed by atoms with E-state index in [1.165, 1.54) is 43.4 Å². The van der Waals surface area contributed by atoms with Gasteiger partial charge in [0.15, 0.2) is 11.5 Å². The second kappa shape index (κ2) is 14.3. The van der Waals surface area contributed by atoms with Crippen LogP contribution in [0.5, 0.6) is 11.5 Å². The van der Waals surface area contributed by atoms with Crippen LogP contribution in [-0.4, -0.2) is 47.4 Å². The maximum Gasteiger partial charge on any atom is 0.272 e. The topological polar surface area (TPSA) is 132 Å². The van der Waals surface area contributed by atoms with Crippen molar-refractivity contribution in [2.45, 2.75) is 24.0 Å². The number of benzene rings is 3. The number of carbonyl (C=O) groups is 3. The number of rotatable bonds is 11. The number of thioether (sulfide) groups is 1. The minimum absolute atomic E-state index is 0.00561. The quantitative estimate of drug-likeness (QED) is 0.154. The van der Waals surface area contributed by atoms with Crippen molar-refractivity contribution in [1.82, 2.24) is 15.5 Å². The molecule has 0 aliphatic carbocycles.